The Hall–Kier alpha value is -3.95. The summed E-state index contributed by atoms with van der Waals surface area (Å²) in [6.45, 7) is 6.10. The lowest BCUT2D eigenvalue weighted by atomic mass is 9.63. The van der Waals surface area contributed by atoms with Crippen LogP contribution in [-0.4, -0.2) is 31.7 Å². The molecule has 2 N–H and O–H groups in total. The zero-order chi connectivity index (χ0) is 23.6. The van der Waals surface area contributed by atoms with Gasteiger partial charge in [-0.15, -0.1) is 0 Å². The third kappa shape index (κ3) is 2.63. The highest BCUT2D eigenvalue weighted by molar-refractivity contribution is 5.98. The van der Waals surface area contributed by atoms with Crippen LogP contribution in [-0.2, 0) is 15.6 Å². The molecular formula is C23H22N6O4. The molecule has 1 aromatic carbocycles. The summed E-state index contributed by atoms with van der Waals surface area (Å²) in [5.41, 5.74) is 5.42. The Morgan fingerprint density at radius 1 is 1.03 bits per heavy atom. The number of aromatic nitrogens is 3. The zero-order valence-electron chi connectivity index (χ0n) is 18.4. The summed E-state index contributed by atoms with van der Waals surface area (Å²) in [6, 6.07) is 7.59. The van der Waals surface area contributed by atoms with Crippen molar-refractivity contribution in [2.45, 2.75) is 44.4 Å². The third-order valence-electron chi connectivity index (χ3n) is 7.83. The topological polar surface area (TPSA) is 140 Å². The SMILES string of the molecule is CC12CCC(C(=O)NNC(=O)c3cccnc3)(c3nc4cc([N+](=O)[O-])ccc4nc31)C2(C)C. The molecule has 1 fully saturated rings. The van der Waals surface area contributed by atoms with Crippen LogP contribution in [0, 0.1) is 15.5 Å². The molecule has 2 aliphatic rings. The zero-order valence-corrected chi connectivity index (χ0v) is 18.4. The molecule has 2 amide bonds. The summed E-state index contributed by atoms with van der Waals surface area (Å²) in [5, 5.41) is 11.2. The number of rotatable bonds is 3. The molecule has 3 aromatic rings. The maximum atomic E-state index is 13.7. The van der Waals surface area contributed by atoms with E-state index in [1.807, 2.05) is 13.8 Å². The molecule has 2 atom stereocenters. The summed E-state index contributed by atoms with van der Waals surface area (Å²) in [7, 11) is 0. The second kappa shape index (κ2) is 6.77. The lowest BCUT2D eigenvalue weighted by Crippen LogP contribution is -2.55. The molecule has 2 aliphatic carbocycles. The van der Waals surface area contributed by atoms with Crippen molar-refractivity contribution >= 4 is 28.5 Å². The van der Waals surface area contributed by atoms with Crippen LogP contribution in [0.4, 0.5) is 5.69 Å². The monoisotopic (exact) mass is 446 g/mol. The number of nitrogens with zero attached hydrogens (tertiary/aromatic N) is 4. The third-order valence-corrected chi connectivity index (χ3v) is 7.83. The first-order chi connectivity index (χ1) is 15.6. The summed E-state index contributed by atoms with van der Waals surface area (Å²) in [6.07, 6.45) is 4.21. The van der Waals surface area contributed by atoms with E-state index in [1.165, 1.54) is 18.3 Å². The number of fused-ring (bicyclic) bond motifs is 6. The van der Waals surface area contributed by atoms with Gasteiger partial charge in [-0.05, 0) is 36.5 Å². The summed E-state index contributed by atoms with van der Waals surface area (Å²) in [4.78, 5) is 50.4. The maximum absolute atomic E-state index is 13.7. The fraction of sp³-hybridized carbons (Fsp3) is 0.348. The highest BCUT2D eigenvalue weighted by atomic mass is 16.6. The lowest BCUT2D eigenvalue weighted by molar-refractivity contribution is -0.384. The number of hydrazine groups is 1. The van der Waals surface area contributed by atoms with E-state index < -0.39 is 27.1 Å². The van der Waals surface area contributed by atoms with Crippen LogP contribution in [0.5, 0.6) is 0 Å². The van der Waals surface area contributed by atoms with Crippen LogP contribution in [0.2, 0.25) is 0 Å². The number of amides is 2. The van der Waals surface area contributed by atoms with Crippen LogP contribution in [0.3, 0.4) is 0 Å². The highest BCUT2D eigenvalue weighted by Crippen LogP contribution is 2.70. The number of hydrogen-bond donors (Lipinski definition) is 2. The summed E-state index contributed by atoms with van der Waals surface area (Å²) >= 11 is 0. The molecule has 0 aliphatic heterocycles. The van der Waals surface area contributed by atoms with Gasteiger partial charge in [0.05, 0.1) is 32.9 Å². The predicted molar refractivity (Wildman–Crippen MR) is 118 cm³/mol. The van der Waals surface area contributed by atoms with E-state index in [9.17, 15) is 19.7 Å². The molecule has 10 heteroatoms. The number of non-ortho nitro benzene ring substituents is 1. The van der Waals surface area contributed by atoms with Gasteiger partial charge in [-0.25, -0.2) is 9.97 Å². The van der Waals surface area contributed by atoms with Crippen molar-refractivity contribution in [2.75, 3.05) is 0 Å². The highest BCUT2D eigenvalue weighted by Gasteiger charge is 2.73. The number of nitro groups is 1. The number of pyridine rings is 1. The van der Waals surface area contributed by atoms with Gasteiger partial charge in [-0.2, -0.15) is 0 Å². The minimum Gasteiger partial charge on any atom is -0.272 e. The molecular weight excluding hydrogens is 424 g/mol. The molecule has 0 spiro atoms. The molecule has 2 unspecified atom stereocenters. The number of nitrogens with one attached hydrogen (secondary N) is 2. The number of hydrogen-bond acceptors (Lipinski definition) is 7. The van der Waals surface area contributed by atoms with Crippen molar-refractivity contribution < 1.29 is 14.5 Å². The van der Waals surface area contributed by atoms with Crippen molar-refractivity contribution in [2.24, 2.45) is 5.41 Å². The van der Waals surface area contributed by atoms with Crippen molar-refractivity contribution in [3.05, 3.63) is 69.8 Å². The van der Waals surface area contributed by atoms with Gasteiger partial charge in [-0.1, -0.05) is 20.8 Å². The summed E-state index contributed by atoms with van der Waals surface area (Å²) < 4.78 is 0. The molecule has 168 valence electrons. The molecule has 33 heavy (non-hydrogen) atoms. The van der Waals surface area contributed by atoms with Crippen molar-refractivity contribution in [3.8, 4) is 0 Å². The Labute approximate surface area is 189 Å². The van der Waals surface area contributed by atoms with Crippen LogP contribution >= 0.6 is 0 Å². The summed E-state index contributed by atoms with van der Waals surface area (Å²) in [5.74, 6) is -0.865. The molecule has 1 saturated carbocycles. The van der Waals surface area contributed by atoms with Crippen molar-refractivity contribution in [3.63, 3.8) is 0 Å². The van der Waals surface area contributed by atoms with Crippen LogP contribution in [0.15, 0.2) is 42.7 Å². The van der Waals surface area contributed by atoms with Gasteiger partial charge in [0.25, 0.3) is 17.5 Å². The van der Waals surface area contributed by atoms with Crippen molar-refractivity contribution in [1.29, 1.82) is 0 Å². The average Bonchev–Trinajstić information content (AvgIpc) is 3.10. The van der Waals surface area contributed by atoms with Gasteiger partial charge in [0.1, 0.15) is 5.41 Å². The maximum Gasteiger partial charge on any atom is 0.271 e. The first-order valence-corrected chi connectivity index (χ1v) is 10.6. The second-order valence-electron chi connectivity index (χ2n) is 9.36. The van der Waals surface area contributed by atoms with Gasteiger partial charge in [-0.3, -0.25) is 35.5 Å². The largest absolute Gasteiger partial charge is 0.272 e. The smallest absolute Gasteiger partial charge is 0.271 e. The van der Waals surface area contributed by atoms with Gasteiger partial charge < -0.3 is 0 Å². The lowest BCUT2D eigenvalue weighted by Gasteiger charge is -2.39. The fourth-order valence-corrected chi connectivity index (χ4v) is 5.50. The van der Waals surface area contributed by atoms with E-state index in [0.717, 1.165) is 12.1 Å². The first kappa shape index (κ1) is 20.9. The molecule has 2 bridgehead atoms. The fourth-order valence-electron chi connectivity index (χ4n) is 5.50. The Balaban J connectivity index is 1.57. The van der Waals surface area contributed by atoms with Gasteiger partial charge in [0, 0.05) is 29.9 Å². The predicted octanol–water partition coefficient (Wildman–Crippen LogP) is 2.72. The second-order valence-corrected chi connectivity index (χ2v) is 9.36. The quantitative estimate of drug-likeness (QED) is 0.466. The first-order valence-electron chi connectivity index (χ1n) is 10.6. The number of carbonyl (C=O) groups is 2. The molecule has 5 rings (SSSR count). The number of carbonyl (C=O) groups excluding carboxylic acids is 2. The van der Waals surface area contributed by atoms with Gasteiger partial charge >= 0.3 is 0 Å². The Kier molecular flexibility index (Phi) is 4.29. The molecule has 10 nitrogen and oxygen atoms in total. The van der Waals surface area contributed by atoms with E-state index in [-0.39, 0.29) is 11.6 Å². The molecule has 0 radical (unpaired) electrons. The molecule has 0 saturated heterocycles. The average molecular weight is 446 g/mol. The molecule has 2 heterocycles. The van der Waals surface area contributed by atoms with Crippen LogP contribution in [0.25, 0.3) is 11.0 Å². The van der Waals surface area contributed by atoms with Crippen LogP contribution in [0.1, 0.15) is 55.4 Å². The number of nitro benzene ring substituents is 1. The minimum absolute atomic E-state index is 0.0902. The van der Waals surface area contributed by atoms with Gasteiger partial charge in [0.15, 0.2) is 0 Å². The van der Waals surface area contributed by atoms with E-state index in [2.05, 4.69) is 22.8 Å². The van der Waals surface area contributed by atoms with Crippen LogP contribution < -0.4 is 10.9 Å². The number of benzene rings is 1. The minimum atomic E-state index is -1.05. The molecule has 2 aromatic heterocycles. The Morgan fingerprint density at radius 3 is 2.48 bits per heavy atom. The normalized spacial score (nSPS) is 24.3. The van der Waals surface area contributed by atoms with Gasteiger partial charge in [0.2, 0.25) is 0 Å². The van der Waals surface area contributed by atoms with E-state index in [0.29, 0.717) is 28.7 Å². The Bertz CT molecular complexity index is 1340. The van der Waals surface area contributed by atoms with E-state index in [4.69, 9.17) is 9.97 Å². The standard InChI is InChI=1S/C23H22N6O4/c1-21(2)22(3)8-9-23(21,20(31)28-27-19(30)13-5-4-10-24-12-13)18-17(22)25-15-7-6-14(29(32)33)11-16(15)26-18/h4-7,10-12H,8-9H2,1-3H3,(H,27,30)(H,28,31). The van der Waals surface area contributed by atoms with E-state index in [1.54, 1.807) is 24.4 Å². The van der Waals surface area contributed by atoms with Crippen molar-refractivity contribution in [1.82, 2.24) is 25.8 Å². The van der Waals surface area contributed by atoms with E-state index >= 15 is 0 Å². The Morgan fingerprint density at radius 2 is 1.79 bits per heavy atom.